The molecule has 282 valence electrons. The Balaban J connectivity index is 0.867. The second-order valence-electron chi connectivity index (χ2n) is 19.5. The summed E-state index contributed by atoms with van der Waals surface area (Å²) in [5.74, 6) is 5.13. The van der Waals surface area contributed by atoms with Crippen LogP contribution in [0.5, 0.6) is 0 Å². The predicted molar refractivity (Wildman–Crippen MR) is 201 cm³/mol. The molecule has 2 unspecified atom stereocenters. The Morgan fingerprint density at radius 3 is 2.18 bits per heavy atom. The van der Waals surface area contributed by atoms with Gasteiger partial charge in [0.25, 0.3) is 0 Å². The van der Waals surface area contributed by atoms with Crippen molar-refractivity contribution in [3.8, 4) is 0 Å². The van der Waals surface area contributed by atoms with Crippen molar-refractivity contribution in [2.45, 2.75) is 232 Å². The van der Waals surface area contributed by atoms with E-state index in [1.165, 1.54) is 128 Å². The Kier molecular flexibility index (Phi) is 12.9. The number of carbonyl (C=O) groups is 1. The molecular formula is C45H78O4. The number of ether oxygens (including phenoxy) is 3. The molecule has 12 atom stereocenters. The average molecular weight is 683 g/mol. The zero-order valence-electron chi connectivity index (χ0n) is 33.1. The molecule has 4 heteroatoms. The molecule has 49 heavy (non-hydrogen) atoms. The van der Waals surface area contributed by atoms with Gasteiger partial charge in [-0.2, -0.15) is 0 Å². The smallest absolute Gasteiger partial charge is 0.306 e. The molecule has 4 nitrogen and oxygen atoms in total. The number of fused-ring (bicyclic) bond motifs is 4. The molecule has 1 spiro atoms. The molecule has 4 aliphatic carbocycles. The van der Waals surface area contributed by atoms with Gasteiger partial charge in [-0.1, -0.05) is 125 Å². The van der Waals surface area contributed by atoms with Gasteiger partial charge < -0.3 is 14.2 Å². The second-order valence-corrected chi connectivity index (χ2v) is 19.5. The molecule has 2 heterocycles. The number of unbranched alkanes of at least 4 members (excludes halogenated alkanes) is 9. The predicted octanol–water partition coefficient (Wildman–Crippen LogP) is 12.4. The molecule has 0 radical (unpaired) electrons. The van der Waals surface area contributed by atoms with Crippen molar-refractivity contribution in [3.63, 3.8) is 0 Å². The zero-order valence-corrected chi connectivity index (χ0v) is 33.1. The van der Waals surface area contributed by atoms with Crippen LogP contribution in [0.3, 0.4) is 0 Å². The maximum absolute atomic E-state index is 12.9. The highest BCUT2D eigenvalue weighted by Gasteiger charge is 2.76. The Morgan fingerprint density at radius 1 is 0.776 bits per heavy atom. The van der Waals surface area contributed by atoms with E-state index in [1.54, 1.807) is 0 Å². The van der Waals surface area contributed by atoms with Crippen LogP contribution in [-0.4, -0.2) is 36.0 Å². The number of hydrogen-bond donors (Lipinski definition) is 0. The first-order valence-electron chi connectivity index (χ1n) is 22.1. The summed E-state index contributed by atoms with van der Waals surface area (Å²) in [6.45, 7) is 14.9. The van der Waals surface area contributed by atoms with Crippen LogP contribution in [0.4, 0.5) is 0 Å². The van der Waals surface area contributed by atoms with Gasteiger partial charge in [-0.15, -0.1) is 0 Å². The van der Waals surface area contributed by atoms with Crippen molar-refractivity contribution in [3.05, 3.63) is 0 Å². The van der Waals surface area contributed by atoms with Crippen LogP contribution in [0.15, 0.2) is 0 Å². The van der Waals surface area contributed by atoms with Crippen molar-refractivity contribution in [1.29, 1.82) is 0 Å². The van der Waals surface area contributed by atoms with Crippen LogP contribution in [0.1, 0.15) is 202 Å². The van der Waals surface area contributed by atoms with Crippen LogP contribution in [0.25, 0.3) is 0 Å². The number of esters is 1. The van der Waals surface area contributed by atoms with E-state index in [1.807, 2.05) is 0 Å². The molecule has 0 amide bonds. The zero-order chi connectivity index (χ0) is 34.6. The fourth-order valence-electron chi connectivity index (χ4n) is 13.0. The van der Waals surface area contributed by atoms with Gasteiger partial charge in [0.05, 0.1) is 18.3 Å². The number of carbonyl (C=O) groups excluding carboxylic acids is 1. The summed E-state index contributed by atoms with van der Waals surface area (Å²) in [7, 11) is 0. The van der Waals surface area contributed by atoms with E-state index in [2.05, 4.69) is 41.5 Å². The molecule has 2 aliphatic heterocycles. The summed E-state index contributed by atoms with van der Waals surface area (Å²) in [5.41, 5.74) is 0.760. The summed E-state index contributed by atoms with van der Waals surface area (Å²) >= 11 is 0. The van der Waals surface area contributed by atoms with Crippen LogP contribution in [0.2, 0.25) is 0 Å². The molecule has 6 fully saturated rings. The lowest BCUT2D eigenvalue weighted by Gasteiger charge is -2.59. The van der Waals surface area contributed by atoms with Crippen molar-refractivity contribution in [2.24, 2.45) is 46.3 Å². The van der Waals surface area contributed by atoms with Gasteiger partial charge in [0.2, 0.25) is 0 Å². The van der Waals surface area contributed by atoms with Crippen molar-refractivity contribution >= 4 is 5.97 Å². The van der Waals surface area contributed by atoms with Crippen LogP contribution in [-0.2, 0) is 19.0 Å². The first-order chi connectivity index (χ1) is 23.6. The van der Waals surface area contributed by atoms with E-state index in [0.29, 0.717) is 30.1 Å². The van der Waals surface area contributed by atoms with Crippen LogP contribution < -0.4 is 0 Å². The van der Waals surface area contributed by atoms with Crippen molar-refractivity contribution < 1.29 is 19.0 Å². The second kappa shape index (κ2) is 16.6. The normalized spacial score (nSPS) is 41.0. The Morgan fingerprint density at radius 2 is 1.47 bits per heavy atom. The fraction of sp³-hybridized carbons (Fsp3) is 0.978. The monoisotopic (exact) mass is 683 g/mol. The van der Waals surface area contributed by atoms with Gasteiger partial charge in [0.1, 0.15) is 11.7 Å². The molecule has 4 saturated carbocycles. The largest absolute Gasteiger partial charge is 0.462 e. The van der Waals surface area contributed by atoms with E-state index in [0.717, 1.165) is 61.2 Å². The molecule has 0 aromatic rings. The van der Waals surface area contributed by atoms with Gasteiger partial charge in [-0.3, -0.25) is 4.79 Å². The molecule has 6 rings (SSSR count). The minimum absolute atomic E-state index is 0.0217. The van der Waals surface area contributed by atoms with Crippen molar-refractivity contribution in [1.82, 2.24) is 0 Å². The molecule has 0 bridgehead atoms. The summed E-state index contributed by atoms with van der Waals surface area (Å²) in [4.78, 5) is 12.9. The van der Waals surface area contributed by atoms with Gasteiger partial charge in [-0.05, 0) is 105 Å². The molecule has 0 aromatic heterocycles. The lowest BCUT2D eigenvalue weighted by atomic mass is 9.44. The highest BCUT2D eigenvalue weighted by Crippen LogP contribution is 2.74. The quantitative estimate of drug-likeness (QED) is 0.0687. The van der Waals surface area contributed by atoms with Crippen LogP contribution >= 0.6 is 0 Å². The molecule has 6 aliphatic rings. The summed E-state index contributed by atoms with van der Waals surface area (Å²) in [5, 5.41) is 0. The Bertz CT molecular complexity index is 1060. The van der Waals surface area contributed by atoms with Gasteiger partial charge in [0, 0.05) is 18.3 Å². The minimum atomic E-state index is -0.0217. The third-order valence-electron chi connectivity index (χ3n) is 15.9. The van der Waals surface area contributed by atoms with E-state index in [-0.39, 0.29) is 23.1 Å². The average Bonchev–Trinajstić information content (AvgIpc) is 3.95. The number of epoxide rings is 2. The highest BCUT2D eigenvalue weighted by molar-refractivity contribution is 5.69. The maximum Gasteiger partial charge on any atom is 0.306 e. The number of hydrogen-bond acceptors (Lipinski definition) is 4. The SMILES string of the molecule is CCCCCCCCC1OC1CCCCCCCC(=O)O[C@H]1CC[C@]2(C)[C@H]3CC[C@]4(C)[C@@H]([C@H](C)CCCC(C)C)CC[C@H]4[C@@H]3C[C@H]3O[C@]32C1. The topological polar surface area (TPSA) is 51.4 Å². The summed E-state index contributed by atoms with van der Waals surface area (Å²) in [6.07, 6.45) is 33.1. The Labute approximate surface area is 302 Å². The van der Waals surface area contributed by atoms with Crippen LogP contribution in [0, 0.1) is 46.3 Å². The molecular weight excluding hydrogens is 604 g/mol. The number of rotatable bonds is 21. The molecule has 0 N–H and O–H groups in total. The highest BCUT2D eigenvalue weighted by atomic mass is 16.6. The first kappa shape index (κ1) is 38.1. The lowest BCUT2D eigenvalue weighted by Crippen LogP contribution is -2.59. The maximum atomic E-state index is 12.9. The lowest BCUT2D eigenvalue weighted by molar-refractivity contribution is -0.160. The molecule has 0 aromatic carbocycles. The van der Waals surface area contributed by atoms with Gasteiger partial charge >= 0.3 is 5.97 Å². The third kappa shape index (κ3) is 8.47. The third-order valence-corrected chi connectivity index (χ3v) is 15.9. The van der Waals surface area contributed by atoms with E-state index < -0.39 is 0 Å². The minimum Gasteiger partial charge on any atom is -0.462 e. The van der Waals surface area contributed by atoms with Gasteiger partial charge in [-0.25, -0.2) is 0 Å². The summed E-state index contributed by atoms with van der Waals surface area (Å²) in [6, 6.07) is 0. The molecule has 2 saturated heterocycles. The fourth-order valence-corrected chi connectivity index (χ4v) is 13.0. The van der Waals surface area contributed by atoms with E-state index in [9.17, 15) is 4.79 Å². The van der Waals surface area contributed by atoms with E-state index >= 15 is 0 Å². The first-order valence-corrected chi connectivity index (χ1v) is 22.1. The Hall–Kier alpha value is -0.610. The summed E-state index contributed by atoms with van der Waals surface area (Å²) < 4.78 is 18.9. The van der Waals surface area contributed by atoms with Gasteiger partial charge in [0.15, 0.2) is 0 Å². The van der Waals surface area contributed by atoms with Crippen molar-refractivity contribution in [2.75, 3.05) is 0 Å². The van der Waals surface area contributed by atoms with E-state index in [4.69, 9.17) is 14.2 Å². The standard InChI is InChI=1S/C45H78O4/c1-7-8-9-10-12-15-21-39-40(48-39)22-16-13-11-14-17-23-42(46)47-34-26-29-44(6)38-27-28-43(5)36(33(4)20-18-19-32(2)3)24-25-37(43)35(38)30-41-45(44,31-34)49-41/h32-41H,7-31H2,1-6H3/t33-,34+,35+,36-,37+,38+,39?,40?,41-,43-,44-,45-/m1/s1.